The summed E-state index contributed by atoms with van der Waals surface area (Å²) in [6, 6.07) is 0.576. The quantitative estimate of drug-likeness (QED) is 0.729. The van der Waals surface area contributed by atoms with Crippen LogP contribution < -0.4 is 16.5 Å². The number of aromatic nitrogens is 2. The first-order valence-electron chi connectivity index (χ1n) is 11.1. The topological polar surface area (TPSA) is 47.1 Å². The minimum absolute atomic E-state index is 0.258. The van der Waals surface area contributed by atoms with E-state index in [4.69, 9.17) is 10.8 Å². The number of hydrogen-bond acceptors (Lipinski definition) is 3. The van der Waals surface area contributed by atoms with Gasteiger partial charge in [-0.15, -0.1) is 0 Å². The zero-order valence-electron chi connectivity index (χ0n) is 18.1. The maximum Gasteiger partial charge on any atom is 0.147 e. The Morgan fingerprint density at radius 3 is 2.50 bits per heavy atom. The van der Waals surface area contributed by atoms with Crippen molar-refractivity contribution in [1.82, 2.24) is 14.6 Å². The van der Waals surface area contributed by atoms with Crippen LogP contribution in [-0.4, -0.2) is 20.6 Å². The summed E-state index contributed by atoms with van der Waals surface area (Å²) in [6.07, 6.45) is 16.1. The Balaban J connectivity index is 1.98. The number of rotatable bonds is 7. The molecule has 154 valence electrons. The molecule has 0 bridgehead atoms. The molecular weight excluding hydrogens is 344 g/mol. The first kappa shape index (κ1) is 20.8. The molecule has 3 rings (SSSR count). The van der Waals surface area contributed by atoms with Crippen molar-refractivity contribution < 1.29 is 0 Å². The van der Waals surface area contributed by atoms with Crippen LogP contribution in [0.4, 0.5) is 0 Å². The third kappa shape index (κ3) is 3.42. The van der Waals surface area contributed by atoms with Crippen LogP contribution >= 0.6 is 0 Å². The number of likely N-dealkylation sites (tertiary alicyclic amines) is 1. The molecule has 0 radical (unpaired) electrons. The number of imidazole rings is 1. The lowest BCUT2D eigenvalue weighted by atomic mass is 9.64. The highest BCUT2D eigenvalue weighted by molar-refractivity contribution is 5.35. The number of hydrogen-bond donors (Lipinski definition) is 1. The van der Waals surface area contributed by atoms with Gasteiger partial charge in [-0.25, -0.2) is 9.66 Å². The van der Waals surface area contributed by atoms with E-state index in [0.29, 0.717) is 6.04 Å². The molecule has 1 aliphatic heterocycles. The first-order valence-corrected chi connectivity index (χ1v) is 11.1. The predicted molar refractivity (Wildman–Crippen MR) is 119 cm³/mol. The van der Waals surface area contributed by atoms with Gasteiger partial charge in [-0.1, -0.05) is 64.8 Å². The number of allylic oxidation sites excluding steroid dienone is 3. The normalized spacial score (nSPS) is 25.0. The van der Waals surface area contributed by atoms with Crippen molar-refractivity contribution in [3.8, 4) is 0 Å². The van der Waals surface area contributed by atoms with Gasteiger partial charge in [-0.05, 0) is 44.6 Å². The second-order valence-electron chi connectivity index (χ2n) is 8.61. The van der Waals surface area contributed by atoms with Gasteiger partial charge in [0.2, 0.25) is 0 Å². The van der Waals surface area contributed by atoms with Crippen LogP contribution in [0.25, 0.3) is 12.7 Å². The number of fused-ring (bicyclic) bond motifs is 1. The molecule has 1 aromatic rings. The number of nitrogens with zero attached hydrogens (tertiary/aromatic N) is 3. The summed E-state index contributed by atoms with van der Waals surface area (Å²) in [7, 11) is 0. The molecule has 1 aromatic heterocycles. The second-order valence-corrected chi connectivity index (χ2v) is 8.61. The van der Waals surface area contributed by atoms with Gasteiger partial charge in [-0.3, -0.25) is 0 Å². The smallest absolute Gasteiger partial charge is 0.147 e. The van der Waals surface area contributed by atoms with Gasteiger partial charge in [-0.2, -0.15) is 0 Å². The van der Waals surface area contributed by atoms with E-state index < -0.39 is 0 Å². The minimum atomic E-state index is 0.258. The van der Waals surface area contributed by atoms with Crippen LogP contribution in [0.1, 0.15) is 78.0 Å². The largest absolute Gasteiger partial charge is 0.364 e. The van der Waals surface area contributed by atoms with Gasteiger partial charge < -0.3 is 10.7 Å². The SMILES string of the molecule is C=C1N(Cc2nc(=C)/c(=C\C=C/C)n2N)C2CCCCC2C1(CCC)CCC. The van der Waals surface area contributed by atoms with Gasteiger partial charge in [0.25, 0.3) is 0 Å². The average molecular weight is 383 g/mol. The maximum atomic E-state index is 6.41. The van der Waals surface area contributed by atoms with Gasteiger partial charge >= 0.3 is 0 Å². The van der Waals surface area contributed by atoms with Crippen molar-refractivity contribution in [2.24, 2.45) is 11.3 Å². The minimum Gasteiger partial charge on any atom is -0.364 e. The molecule has 2 heterocycles. The van der Waals surface area contributed by atoms with Crippen LogP contribution in [-0.2, 0) is 6.54 Å². The second kappa shape index (κ2) is 8.59. The Hall–Kier alpha value is -1.97. The van der Waals surface area contributed by atoms with E-state index in [1.807, 2.05) is 25.2 Å². The Bertz CT molecular complexity index is 826. The van der Waals surface area contributed by atoms with Crippen LogP contribution in [0.3, 0.4) is 0 Å². The molecule has 0 aromatic carbocycles. The molecule has 2 aliphatic rings. The lowest BCUT2D eigenvalue weighted by Crippen LogP contribution is -2.37. The Labute approximate surface area is 170 Å². The van der Waals surface area contributed by atoms with E-state index in [-0.39, 0.29) is 5.41 Å². The van der Waals surface area contributed by atoms with E-state index in [2.05, 4.69) is 31.9 Å². The van der Waals surface area contributed by atoms with E-state index in [0.717, 1.165) is 29.0 Å². The fourth-order valence-corrected chi connectivity index (χ4v) is 5.89. The highest BCUT2D eigenvalue weighted by Gasteiger charge is 2.54. The molecule has 1 saturated carbocycles. The first-order chi connectivity index (χ1) is 13.5. The van der Waals surface area contributed by atoms with Gasteiger partial charge in [0.05, 0.1) is 17.2 Å². The Morgan fingerprint density at radius 1 is 1.18 bits per heavy atom. The van der Waals surface area contributed by atoms with Crippen LogP contribution in [0, 0.1) is 11.3 Å². The standard InChI is InChI=1S/C24H38N4/c1-6-9-13-21-18(4)26-23(28(21)25)17-27-19(5)24(15-7-2,16-8-3)20-12-10-11-14-22(20)27/h6,9,13,20,22H,4-5,7-8,10-12,14-17,25H2,1-3H3/b9-6-,21-13+. The number of nitrogens with two attached hydrogens (primary N) is 1. The maximum absolute atomic E-state index is 6.41. The lowest BCUT2D eigenvalue weighted by molar-refractivity contribution is 0.134. The van der Waals surface area contributed by atoms with Crippen LogP contribution in [0.15, 0.2) is 24.4 Å². The van der Waals surface area contributed by atoms with Crippen molar-refractivity contribution in [1.29, 1.82) is 0 Å². The molecule has 2 unspecified atom stereocenters. The Morgan fingerprint density at radius 2 is 1.86 bits per heavy atom. The zero-order valence-corrected chi connectivity index (χ0v) is 18.1. The Kier molecular flexibility index (Phi) is 6.36. The fraction of sp³-hybridized carbons (Fsp3) is 0.625. The summed E-state index contributed by atoms with van der Waals surface area (Å²) >= 11 is 0. The van der Waals surface area contributed by atoms with Crippen LogP contribution in [0.5, 0.6) is 0 Å². The summed E-state index contributed by atoms with van der Waals surface area (Å²) in [6.45, 7) is 16.1. The van der Waals surface area contributed by atoms with E-state index in [1.54, 1.807) is 4.68 Å². The van der Waals surface area contributed by atoms with Crippen molar-refractivity contribution >= 4 is 12.7 Å². The summed E-state index contributed by atoms with van der Waals surface area (Å²) in [4.78, 5) is 7.27. The van der Waals surface area contributed by atoms with Crippen molar-refractivity contribution in [2.75, 3.05) is 5.84 Å². The third-order valence-corrected chi connectivity index (χ3v) is 7.01. The lowest BCUT2D eigenvalue weighted by Gasteiger charge is -2.38. The van der Waals surface area contributed by atoms with Gasteiger partial charge in [0, 0.05) is 17.2 Å². The third-order valence-electron chi connectivity index (χ3n) is 7.01. The molecule has 2 fully saturated rings. The van der Waals surface area contributed by atoms with E-state index in [9.17, 15) is 0 Å². The molecule has 2 N–H and O–H groups in total. The number of nitrogen functional groups attached to an aromatic ring is 1. The highest BCUT2D eigenvalue weighted by Crippen LogP contribution is 2.58. The monoisotopic (exact) mass is 382 g/mol. The summed E-state index contributed by atoms with van der Waals surface area (Å²) in [5.41, 5.74) is 1.59. The molecule has 2 atom stereocenters. The predicted octanol–water partition coefficient (Wildman–Crippen LogP) is 3.84. The van der Waals surface area contributed by atoms with E-state index >= 15 is 0 Å². The molecule has 28 heavy (non-hydrogen) atoms. The molecule has 0 spiro atoms. The van der Waals surface area contributed by atoms with Crippen molar-refractivity contribution in [3.63, 3.8) is 0 Å². The van der Waals surface area contributed by atoms with Crippen molar-refractivity contribution in [2.45, 2.75) is 84.7 Å². The summed E-state index contributed by atoms with van der Waals surface area (Å²) < 4.78 is 1.72. The highest BCUT2D eigenvalue weighted by atomic mass is 15.3. The van der Waals surface area contributed by atoms with Gasteiger partial charge in [0.1, 0.15) is 5.82 Å². The molecule has 4 nitrogen and oxygen atoms in total. The zero-order chi connectivity index (χ0) is 20.3. The average Bonchev–Trinajstić information content (AvgIpc) is 3.08. The van der Waals surface area contributed by atoms with Crippen molar-refractivity contribution in [3.05, 3.63) is 41.0 Å². The molecule has 4 heteroatoms. The summed E-state index contributed by atoms with van der Waals surface area (Å²) in [5, 5.41) is 1.63. The summed E-state index contributed by atoms with van der Waals surface area (Å²) in [5.74, 6) is 8.02. The molecule has 1 saturated heterocycles. The molecular formula is C24H38N4. The molecule has 1 aliphatic carbocycles. The molecule has 0 amide bonds. The van der Waals surface area contributed by atoms with Crippen LogP contribution in [0.2, 0.25) is 0 Å². The van der Waals surface area contributed by atoms with E-state index in [1.165, 1.54) is 57.1 Å². The van der Waals surface area contributed by atoms with Gasteiger partial charge in [0.15, 0.2) is 0 Å². The fourth-order valence-electron chi connectivity index (χ4n) is 5.89.